The van der Waals surface area contributed by atoms with Gasteiger partial charge in [0.25, 0.3) is 0 Å². The molecular formula is C10H12BrNS. The van der Waals surface area contributed by atoms with E-state index in [1.807, 2.05) is 18.4 Å². The van der Waals surface area contributed by atoms with Crippen molar-refractivity contribution in [2.45, 2.75) is 25.8 Å². The molecule has 0 fully saturated rings. The number of thiophene rings is 1. The van der Waals surface area contributed by atoms with Gasteiger partial charge < -0.3 is 5.73 Å². The fraction of sp³-hybridized carbons (Fsp3) is 0.400. The molecule has 0 radical (unpaired) electrons. The van der Waals surface area contributed by atoms with Crippen molar-refractivity contribution in [1.29, 1.82) is 0 Å². The topological polar surface area (TPSA) is 26.0 Å². The van der Waals surface area contributed by atoms with E-state index in [4.69, 9.17) is 5.73 Å². The van der Waals surface area contributed by atoms with E-state index in [2.05, 4.69) is 27.8 Å². The molecule has 70 valence electrons. The van der Waals surface area contributed by atoms with Gasteiger partial charge in [0.15, 0.2) is 0 Å². The smallest absolute Gasteiger partial charge is 0.0410 e. The fourth-order valence-electron chi connectivity index (χ4n) is 1.05. The second kappa shape index (κ2) is 5.43. The standard InChI is InChI=1S/C10H12BrNS/c1-2-3-4-5-9(12)10-8(11)6-7-13-10/h6-7,9H,4-5,12H2,1H3. The van der Waals surface area contributed by atoms with Crippen LogP contribution in [-0.2, 0) is 0 Å². The zero-order valence-corrected chi connectivity index (χ0v) is 9.91. The van der Waals surface area contributed by atoms with E-state index >= 15 is 0 Å². The van der Waals surface area contributed by atoms with Gasteiger partial charge in [-0.2, -0.15) is 0 Å². The second-order valence-corrected chi connectivity index (χ2v) is 4.51. The first-order valence-corrected chi connectivity index (χ1v) is 5.81. The molecule has 1 atom stereocenters. The molecule has 0 bridgehead atoms. The molecule has 3 heteroatoms. The van der Waals surface area contributed by atoms with Crippen molar-refractivity contribution in [2.75, 3.05) is 0 Å². The molecule has 13 heavy (non-hydrogen) atoms. The Bertz CT molecular complexity index is 321. The number of hydrogen-bond donors (Lipinski definition) is 1. The molecule has 1 unspecified atom stereocenters. The third-order valence-corrected chi connectivity index (χ3v) is 3.74. The van der Waals surface area contributed by atoms with E-state index in [-0.39, 0.29) is 6.04 Å². The molecule has 1 aromatic rings. The Labute approximate surface area is 91.5 Å². The molecule has 0 aliphatic heterocycles. The van der Waals surface area contributed by atoms with E-state index in [9.17, 15) is 0 Å². The molecule has 0 aliphatic carbocycles. The van der Waals surface area contributed by atoms with Crippen molar-refractivity contribution in [3.63, 3.8) is 0 Å². The Balaban J connectivity index is 2.52. The summed E-state index contributed by atoms with van der Waals surface area (Å²) in [5.74, 6) is 5.89. The average molecular weight is 258 g/mol. The SMILES string of the molecule is CC#CCCC(N)c1sccc1Br. The van der Waals surface area contributed by atoms with E-state index in [1.54, 1.807) is 11.3 Å². The minimum Gasteiger partial charge on any atom is -0.323 e. The summed E-state index contributed by atoms with van der Waals surface area (Å²) in [6, 6.07) is 2.15. The van der Waals surface area contributed by atoms with Crippen LogP contribution in [0.1, 0.15) is 30.7 Å². The summed E-state index contributed by atoms with van der Waals surface area (Å²) in [5.41, 5.74) is 5.99. The lowest BCUT2D eigenvalue weighted by Gasteiger charge is -2.07. The van der Waals surface area contributed by atoms with Crippen LogP contribution in [0.5, 0.6) is 0 Å². The van der Waals surface area contributed by atoms with Crippen LogP contribution < -0.4 is 5.73 Å². The predicted octanol–water partition coefficient (Wildman–Crippen LogP) is 3.31. The van der Waals surface area contributed by atoms with Crippen LogP contribution in [0.2, 0.25) is 0 Å². The highest BCUT2D eigenvalue weighted by Gasteiger charge is 2.09. The summed E-state index contributed by atoms with van der Waals surface area (Å²) >= 11 is 5.17. The minimum atomic E-state index is 0.121. The van der Waals surface area contributed by atoms with Crippen LogP contribution in [-0.4, -0.2) is 0 Å². The molecule has 2 N–H and O–H groups in total. The molecule has 1 nitrogen and oxygen atoms in total. The van der Waals surface area contributed by atoms with Crippen molar-refractivity contribution >= 4 is 27.3 Å². The highest BCUT2D eigenvalue weighted by atomic mass is 79.9. The maximum Gasteiger partial charge on any atom is 0.0410 e. The van der Waals surface area contributed by atoms with Crippen molar-refractivity contribution in [3.05, 3.63) is 20.8 Å². The normalized spacial score (nSPS) is 11.9. The Morgan fingerprint density at radius 1 is 1.69 bits per heavy atom. The van der Waals surface area contributed by atoms with Gasteiger partial charge >= 0.3 is 0 Å². The molecule has 0 amide bonds. The monoisotopic (exact) mass is 257 g/mol. The van der Waals surface area contributed by atoms with Crippen LogP contribution >= 0.6 is 27.3 Å². The summed E-state index contributed by atoms with van der Waals surface area (Å²) in [5, 5.41) is 2.05. The van der Waals surface area contributed by atoms with E-state index < -0.39 is 0 Å². The molecule has 0 saturated heterocycles. The minimum absolute atomic E-state index is 0.121. The van der Waals surface area contributed by atoms with Gasteiger partial charge in [0.05, 0.1) is 0 Å². The number of nitrogens with two attached hydrogens (primary N) is 1. The van der Waals surface area contributed by atoms with Crippen LogP contribution in [0.4, 0.5) is 0 Å². The van der Waals surface area contributed by atoms with Gasteiger partial charge in [0.2, 0.25) is 0 Å². The molecule has 0 saturated carbocycles. The van der Waals surface area contributed by atoms with E-state index in [0.717, 1.165) is 17.3 Å². The van der Waals surface area contributed by atoms with E-state index in [0.29, 0.717) is 0 Å². The van der Waals surface area contributed by atoms with Crippen LogP contribution in [0.3, 0.4) is 0 Å². The third kappa shape index (κ3) is 3.15. The summed E-state index contributed by atoms with van der Waals surface area (Å²) in [6.45, 7) is 1.85. The lowest BCUT2D eigenvalue weighted by Crippen LogP contribution is -2.08. The lowest BCUT2D eigenvalue weighted by molar-refractivity contribution is 0.677. The fourth-order valence-corrected chi connectivity index (χ4v) is 2.76. The maximum absolute atomic E-state index is 5.99. The number of hydrogen-bond acceptors (Lipinski definition) is 2. The van der Waals surface area contributed by atoms with E-state index in [1.165, 1.54) is 4.88 Å². The van der Waals surface area contributed by atoms with Crippen molar-refractivity contribution < 1.29 is 0 Å². The molecule has 0 aliphatic rings. The molecule has 0 aromatic carbocycles. The summed E-state index contributed by atoms with van der Waals surface area (Å²) in [4.78, 5) is 1.22. The highest BCUT2D eigenvalue weighted by molar-refractivity contribution is 9.10. The van der Waals surface area contributed by atoms with Gasteiger partial charge in [-0.25, -0.2) is 0 Å². The van der Waals surface area contributed by atoms with Gasteiger partial charge in [-0.15, -0.1) is 23.2 Å². The predicted molar refractivity (Wildman–Crippen MR) is 61.6 cm³/mol. The Hall–Kier alpha value is -0.300. The molecule has 0 spiro atoms. The average Bonchev–Trinajstić information content (AvgIpc) is 2.52. The largest absolute Gasteiger partial charge is 0.323 e. The zero-order chi connectivity index (χ0) is 9.68. The number of halogens is 1. The summed E-state index contributed by atoms with van der Waals surface area (Å²) < 4.78 is 1.12. The number of rotatable bonds is 3. The third-order valence-electron chi connectivity index (χ3n) is 1.74. The first kappa shape index (κ1) is 10.8. The zero-order valence-electron chi connectivity index (χ0n) is 7.51. The van der Waals surface area contributed by atoms with Crippen molar-refractivity contribution in [3.8, 4) is 11.8 Å². The van der Waals surface area contributed by atoms with Crippen LogP contribution in [0.25, 0.3) is 0 Å². The summed E-state index contributed by atoms with van der Waals surface area (Å²) in [6.07, 6.45) is 1.81. The first-order chi connectivity index (χ1) is 6.25. The van der Waals surface area contributed by atoms with Crippen molar-refractivity contribution in [1.82, 2.24) is 0 Å². The molecule has 1 heterocycles. The Morgan fingerprint density at radius 2 is 2.46 bits per heavy atom. The summed E-state index contributed by atoms with van der Waals surface area (Å²) in [7, 11) is 0. The second-order valence-electron chi connectivity index (χ2n) is 2.70. The van der Waals surface area contributed by atoms with Gasteiger partial charge in [-0.05, 0) is 40.7 Å². The van der Waals surface area contributed by atoms with Crippen molar-refractivity contribution in [2.24, 2.45) is 5.73 Å². The van der Waals surface area contributed by atoms with Crippen LogP contribution in [0, 0.1) is 11.8 Å². The highest BCUT2D eigenvalue weighted by Crippen LogP contribution is 2.29. The maximum atomic E-state index is 5.99. The Kier molecular flexibility index (Phi) is 4.51. The van der Waals surface area contributed by atoms with Gasteiger partial charge in [-0.3, -0.25) is 0 Å². The van der Waals surface area contributed by atoms with Gasteiger partial charge in [0.1, 0.15) is 0 Å². The van der Waals surface area contributed by atoms with Crippen LogP contribution in [0.15, 0.2) is 15.9 Å². The Morgan fingerprint density at radius 3 is 3.00 bits per heavy atom. The molecule has 1 rings (SSSR count). The molecular weight excluding hydrogens is 246 g/mol. The van der Waals surface area contributed by atoms with Gasteiger partial charge in [0, 0.05) is 21.8 Å². The lowest BCUT2D eigenvalue weighted by atomic mass is 10.1. The quantitative estimate of drug-likeness (QED) is 0.827. The molecule has 1 aromatic heterocycles. The first-order valence-electron chi connectivity index (χ1n) is 4.13. The van der Waals surface area contributed by atoms with Gasteiger partial charge in [-0.1, -0.05) is 0 Å².